The van der Waals surface area contributed by atoms with Crippen molar-refractivity contribution < 1.29 is 5.11 Å². The largest absolute Gasteiger partial charge is 0.389 e. The maximum Gasteiger partial charge on any atom is 0.100 e. The molecule has 1 saturated carbocycles. The Balaban J connectivity index is 1.75. The Kier molecular flexibility index (Phi) is 4.98. The minimum atomic E-state index is -0.527. The van der Waals surface area contributed by atoms with Gasteiger partial charge in [-0.15, -0.1) is 11.3 Å². The summed E-state index contributed by atoms with van der Waals surface area (Å²) < 4.78 is 0. The minimum absolute atomic E-state index is 0.527. The summed E-state index contributed by atoms with van der Waals surface area (Å²) in [4.78, 5) is 1.15. The second kappa shape index (κ2) is 6.51. The molecular weight excluding hydrogens is 256 g/mol. The van der Waals surface area contributed by atoms with Crippen molar-refractivity contribution in [1.29, 1.82) is 5.26 Å². The molecule has 3 nitrogen and oxygen atoms in total. The molecule has 1 fully saturated rings. The maximum absolute atomic E-state index is 10.5. The lowest BCUT2D eigenvalue weighted by molar-refractivity contribution is -0.00876. The average molecular weight is 278 g/mol. The molecular formula is C15H22N2OS. The Labute approximate surface area is 119 Å². The molecule has 2 N–H and O–H groups in total. The van der Waals surface area contributed by atoms with E-state index in [4.69, 9.17) is 5.26 Å². The van der Waals surface area contributed by atoms with Gasteiger partial charge in [-0.05, 0) is 37.7 Å². The topological polar surface area (TPSA) is 56.0 Å². The average Bonchev–Trinajstić information content (AvgIpc) is 2.87. The van der Waals surface area contributed by atoms with Gasteiger partial charge >= 0.3 is 0 Å². The summed E-state index contributed by atoms with van der Waals surface area (Å²) in [5.74, 6) is 0.802. The van der Waals surface area contributed by atoms with Gasteiger partial charge < -0.3 is 10.4 Å². The van der Waals surface area contributed by atoms with Crippen LogP contribution in [0.15, 0.2) is 11.4 Å². The van der Waals surface area contributed by atoms with Crippen LogP contribution >= 0.6 is 11.3 Å². The predicted molar refractivity (Wildman–Crippen MR) is 77.9 cm³/mol. The normalized spacial score (nSPS) is 27.1. The van der Waals surface area contributed by atoms with Crippen LogP contribution in [0.3, 0.4) is 0 Å². The lowest BCUT2D eigenvalue weighted by Crippen LogP contribution is -2.43. The molecule has 4 heteroatoms. The second-order valence-corrected chi connectivity index (χ2v) is 6.59. The number of hydrogen-bond donors (Lipinski definition) is 2. The molecule has 0 radical (unpaired) electrons. The zero-order valence-corrected chi connectivity index (χ0v) is 12.3. The number of thiophene rings is 1. The third-order valence-electron chi connectivity index (χ3n) is 4.15. The van der Waals surface area contributed by atoms with Crippen molar-refractivity contribution in [1.82, 2.24) is 5.32 Å². The van der Waals surface area contributed by atoms with E-state index in [0.717, 1.165) is 48.6 Å². The molecule has 1 aromatic heterocycles. The summed E-state index contributed by atoms with van der Waals surface area (Å²) in [6.07, 6.45) is 5.34. The molecule has 0 amide bonds. The van der Waals surface area contributed by atoms with Gasteiger partial charge in [0.05, 0.1) is 11.2 Å². The van der Waals surface area contributed by atoms with Gasteiger partial charge in [-0.2, -0.15) is 5.26 Å². The summed E-state index contributed by atoms with van der Waals surface area (Å²) in [5.41, 5.74) is 0.199. The van der Waals surface area contributed by atoms with E-state index >= 15 is 0 Å². The molecule has 0 saturated heterocycles. The van der Waals surface area contributed by atoms with E-state index in [1.54, 1.807) is 11.3 Å². The van der Waals surface area contributed by atoms with Crippen molar-refractivity contribution in [3.05, 3.63) is 21.9 Å². The quantitative estimate of drug-likeness (QED) is 0.870. The Bertz CT molecular complexity index is 441. The van der Waals surface area contributed by atoms with Crippen molar-refractivity contribution in [2.75, 3.05) is 6.54 Å². The fourth-order valence-electron chi connectivity index (χ4n) is 2.75. The van der Waals surface area contributed by atoms with E-state index in [2.05, 4.69) is 18.3 Å². The molecule has 0 spiro atoms. The number of aliphatic hydroxyl groups is 1. The highest BCUT2D eigenvalue weighted by Gasteiger charge is 2.32. The summed E-state index contributed by atoms with van der Waals surface area (Å²) in [5, 5.41) is 24.5. The Morgan fingerprint density at radius 3 is 2.84 bits per heavy atom. The monoisotopic (exact) mass is 278 g/mol. The molecule has 0 atom stereocenters. The minimum Gasteiger partial charge on any atom is -0.389 e. The zero-order chi connectivity index (χ0) is 13.7. The van der Waals surface area contributed by atoms with Crippen LogP contribution in [0.2, 0.25) is 0 Å². The van der Waals surface area contributed by atoms with Gasteiger partial charge in [-0.25, -0.2) is 0 Å². The van der Waals surface area contributed by atoms with E-state index in [-0.39, 0.29) is 0 Å². The van der Waals surface area contributed by atoms with Gasteiger partial charge in [0.1, 0.15) is 6.07 Å². The first-order valence-electron chi connectivity index (χ1n) is 7.06. The van der Waals surface area contributed by atoms with Crippen molar-refractivity contribution in [3.8, 4) is 6.07 Å². The van der Waals surface area contributed by atoms with Gasteiger partial charge in [0.25, 0.3) is 0 Å². The lowest BCUT2D eigenvalue weighted by Gasteiger charge is -2.36. The first-order valence-corrected chi connectivity index (χ1v) is 7.94. The van der Waals surface area contributed by atoms with Crippen LogP contribution in [0, 0.1) is 17.2 Å². The SMILES string of the molecule is CCC1CCC(O)(CNCc2cc(C#N)cs2)CC1. The van der Waals surface area contributed by atoms with E-state index in [0.29, 0.717) is 6.54 Å². The number of rotatable bonds is 5. The summed E-state index contributed by atoms with van der Waals surface area (Å²) >= 11 is 1.60. The molecule has 1 aliphatic rings. The van der Waals surface area contributed by atoms with Crippen LogP contribution in [-0.2, 0) is 6.54 Å². The molecule has 104 valence electrons. The van der Waals surface area contributed by atoms with Gasteiger partial charge in [0, 0.05) is 23.3 Å². The summed E-state index contributed by atoms with van der Waals surface area (Å²) in [7, 11) is 0. The molecule has 1 aliphatic carbocycles. The Hall–Kier alpha value is -0.890. The van der Waals surface area contributed by atoms with Gasteiger partial charge in [-0.1, -0.05) is 13.3 Å². The summed E-state index contributed by atoms with van der Waals surface area (Å²) in [6, 6.07) is 4.05. The van der Waals surface area contributed by atoms with Crippen molar-refractivity contribution in [2.24, 2.45) is 5.92 Å². The summed E-state index contributed by atoms with van der Waals surface area (Å²) in [6.45, 7) is 3.63. The van der Waals surface area contributed by atoms with Crippen LogP contribution in [0.5, 0.6) is 0 Å². The van der Waals surface area contributed by atoms with Crippen molar-refractivity contribution in [2.45, 2.75) is 51.2 Å². The number of nitriles is 1. The van der Waals surface area contributed by atoms with Crippen molar-refractivity contribution >= 4 is 11.3 Å². The second-order valence-electron chi connectivity index (χ2n) is 5.59. The van der Waals surface area contributed by atoms with E-state index < -0.39 is 5.60 Å². The molecule has 19 heavy (non-hydrogen) atoms. The fourth-order valence-corrected chi connectivity index (χ4v) is 3.53. The fraction of sp³-hybridized carbons (Fsp3) is 0.667. The predicted octanol–water partition coefficient (Wildman–Crippen LogP) is 3.04. The van der Waals surface area contributed by atoms with Crippen LogP contribution in [0.4, 0.5) is 0 Å². The van der Waals surface area contributed by atoms with Gasteiger partial charge in [-0.3, -0.25) is 0 Å². The highest BCUT2D eigenvalue weighted by atomic mass is 32.1. The molecule has 0 aliphatic heterocycles. The highest BCUT2D eigenvalue weighted by Crippen LogP contribution is 2.33. The molecule has 2 rings (SSSR count). The lowest BCUT2D eigenvalue weighted by atomic mass is 9.78. The molecule has 0 bridgehead atoms. The molecule has 1 heterocycles. The van der Waals surface area contributed by atoms with E-state index in [1.807, 2.05) is 11.4 Å². The third kappa shape index (κ3) is 4.04. The van der Waals surface area contributed by atoms with E-state index in [9.17, 15) is 5.11 Å². The third-order valence-corrected chi connectivity index (χ3v) is 5.09. The maximum atomic E-state index is 10.5. The van der Waals surface area contributed by atoms with Gasteiger partial charge in [0.15, 0.2) is 0 Å². The van der Waals surface area contributed by atoms with Crippen LogP contribution in [-0.4, -0.2) is 17.3 Å². The van der Waals surface area contributed by atoms with Crippen molar-refractivity contribution in [3.63, 3.8) is 0 Å². The Morgan fingerprint density at radius 2 is 2.26 bits per heavy atom. The number of hydrogen-bond acceptors (Lipinski definition) is 4. The standard InChI is InChI=1S/C15H22N2OS/c1-2-12-3-5-15(18,6-4-12)11-17-9-14-7-13(8-16)10-19-14/h7,10,12,17-18H,2-6,9,11H2,1H3. The first kappa shape index (κ1) is 14.5. The number of nitrogens with one attached hydrogen (secondary N) is 1. The molecule has 0 unspecified atom stereocenters. The first-order chi connectivity index (χ1) is 9.15. The van der Waals surface area contributed by atoms with Crippen LogP contribution in [0.1, 0.15) is 49.5 Å². The molecule has 0 aromatic carbocycles. The van der Waals surface area contributed by atoms with Gasteiger partial charge in [0.2, 0.25) is 0 Å². The smallest absolute Gasteiger partial charge is 0.100 e. The molecule has 1 aromatic rings. The van der Waals surface area contributed by atoms with E-state index in [1.165, 1.54) is 6.42 Å². The van der Waals surface area contributed by atoms with Crippen LogP contribution < -0.4 is 5.32 Å². The zero-order valence-electron chi connectivity index (χ0n) is 11.5. The Morgan fingerprint density at radius 1 is 1.53 bits per heavy atom. The van der Waals surface area contributed by atoms with Crippen LogP contribution in [0.25, 0.3) is 0 Å². The highest BCUT2D eigenvalue weighted by molar-refractivity contribution is 7.10. The number of nitrogens with zero attached hydrogens (tertiary/aromatic N) is 1.